The molecule has 10 heteroatoms. The van der Waals surface area contributed by atoms with Crippen LogP contribution in [0, 0.1) is 5.92 Å². The van der Waals surface area contributed by atoms with Crippen molar-refractivity contribution < 1.29 is 14.3 Å². The highest BCUT2D eigenvalue weighted by molar-refractivity contribution is 5.81. The second-order valence-electron chi connectivity index (χ2n) is 8.34. The molecular weight excluding hydrogens is 436 g/mol. The first-order valence-electron chi connectivity index (χ1n) is 11.5. The van der Waals surface area contributed by atoms with E-state index in [4.69, 9.17) is 15.2 Å². The second-order valence-corrected chi connectivity index (χ2v) is 8.34. The van der Waals surface area contributed by atoms with Crippen molar-refractivity contribution in [3.63, 3.8) is 0 Å². The summed E-state index contributed by atoms with van der Waals surface area (Å²) in [5.74, 6) is 0.180. The van der Waals surface area contributed by atoms with E-state index in [1.54, 1.807) is 30.1 Å². The van der Waals surface area contributed by atoms with Crippen LogP contribution in [0.3, 0.4) is 0 Å². The van der Waals surface area contributed by atoms with E-state index in [1.807, 2.05) is 24.0 Å². The van der Waals surface area contributed by atoms with Gasteiger partial charge in [-0.3, -0.25) is 14.6 Å². The number of carbonyl (C=O) groups excluding carboxylic acids is 1. The van der Waals surface area contributed by atoms with Gasteiger partial charge in [0.15, 0.2) is 5.82 Å². The smallest absolute Gasteiger partial charge is 0.294 e. The molecule has 0 aliphatic carbocycles. The van der Waals surface area contributed by atoms with Gasteiger partial charge in [0.2, 0.25) is 11.8 Å². The summed E-state index contributed by atoms with van der Waals surface area (Å²) in [7, 11) is 1.56. The van der Waals surface area contributed by atoms with Gasteiger partial charge in [0.1, 0.15) is 5.52 Å². The Kier molecular flexibility index (Phi) is 7.36. The SMILES string of the molecule is CCCOCCn1c(=O)c(N2CCCC(C(N)=O)C2)nc2cnc(-c3ccc(OC)nc3)cc21. The highest BCUT2D eigenvalue weighted by Gasteiger charge is 2.27. The van der Waals surface area contributed by atoms with Crippen molar-refractivity contribution in [2.45, 2.75) is 32.7 Å². The van der Waals surface area contributed by atoms with Crippen LogP contribution in [0.4, 0.5) is 5.82 Å². The molecule has 0 aromatic carbocycles. The third-order valence-electron chi connectivity index (χ3n) is 5.99. The Hall–Kier alpha value is -3.53. The Morgan fingerprint density at radius 1 is 1.24 bits per heavy atom. The van der Waals surface area contributed by atoms with Crippen LogP contribution < -0.4 is 20.9 Å². The second kappa shape index (κ2) is 10.6. The van der Waals surface area contributed by atoms with E-state index in [9.17, 15) is 9.59 Å². The third kappa shape index (κ3) is 5.01. The number of pyridine rings is 2. The first kappa shape index (κ1) is 23.6. The predicted molar refractivity (Wildman–Crippen MR) is 129 cm³/mol. The Labute approximate surface area is 197 Å². The van der Waals surface area contributed by atoms with Crippen molar-refractivity contribution >= 4 is 22.8 Å². The molecule has 0 saturated carbocycles. The number of nitrogens with two attached hydrogens (primary N) is 1. The number of ether oxygens (including phenoxy) is 2. The van der Waals surface area contributed by atoms with E-state index < -0.39 is 0 Å². The minimum Gasteiger partial charge on any atom is -0.481 e. The molecule has 3 aromatic rings. The van der Waals surface area contributed by atoms with Gasteiger partial charge in [-0.05, 0) is 31.4 Å². The summed E-state index contributed by atoms with van der Waals surface area (Å²) < 4.78 is 12.5. The summed E-state index contributed by atoms with van der Waals surface area (Å²) >= 11 is 0. The van der Waals surface area contributed by atoms with Gasteiger partial charge >= 0.3 is 0 Å². The molecule has 10 nitrogen and oxygen atoms in total. The minimum absolute atomic E-state index is 0.220. The zero-order valence-electron chi connectivity index (χ0n) is 19.6. The highest BCUT2D eigenvalue weighted by atomic mass is 16.5. The standard InChI is InChI=1S/C24H30N6O4/c1-3-10-34-11-9-30-20-12-18(16-6-7-21(33-2)27-13-16)26-14-19(20)28-23(24(30)32)29-8-4-5-17(15-29)22(25)31/h6-7,12-14,17H,3-5,8-11,15H2,1-2H3,(H2,25,31). The summed E-state index contributed by atoms with van der Waals surface area (Å²) in [6.07, 6.45) is 5.74. The zero-order chi connectivity index (χ0) is 24.1. The number of hydrogen-bond donors (Lipinski definition) is 1. The average molecular weight is 467 g/mol. The number of hydrogen-bond acceptors (Lipinski definition) is 8. The van der Waals surface area contributed by atoms with Crippen LogP contribution in [-0.4, -0.2) is 58.8 Å². The number of methoxy groups -OCH3 is 1. The molecule has 1 saturated heterocycles. The maximum absolute atomic E-state index is 13.6. The van der Waals surface area contributed by atoms with E-state index in [0.29, 0.717) is 61.3 Å². The van der Waals surface area contributed by atoms with Gasteiger partial charge in [-0.25, -0.2) is 9.97 Å². The van der Waals surface area contributed by atoms with E-state index in [-0.39, 0.29) is 17.4 Å². The summed E-state index contributed by atoms with van der Waals surface area (Å²) in [5, 5.41) is 0. The third-order valence-corrected chi connectivity index (χ3v) is 5.99. The normalized spacial score (nSPS) is 16.1. The molecule has 3 aromatic heterocycles. The molecule has 34 heavy (non-hydrogen) atoms. The van der Waals surface area contributed by atoms with Crippen molar-refractivity contribution in [2.75, 3.05) is 38.3 Å². The van der Waals surface area contributed by atoms with E-state index in [0.717, 1.165) is 24.8 Å². The van der Waals surface area contributed by atoms with Crippen LogP contribution in [0.15, 0.2) is 35.4 Å². The molecule has 0 radical (unpaired) electrons. The highest BCUT2D eigenvalue weighted by Crippen LogP contribution is 2.24. The zero-order valence-corrected chi connectivity index (χ0v) is 19.6. The number of piperidine rings is 1. The number of rotatable bonds is 9. The molecule has 1 aliphatic heterocycles. The number of nitrogens with zero attached hydrogens (tertiary/aromatic N) is 5. The minimum atomic E-state index is -0.349. The fourth-order valence-electron chi connectivity index (χ4n) is 4.17. The first-order chi connectivity index (χ1) is 16.5. The summed E-state index contributed by atoms with van der Waals surface area (Å²) in [6.45, 7) is 4.48. The molecule has 1 aliphatic rings. The molecule has 4 rings (SSSR count). The average Bonchev–Trinajstić information content (AvgIpc) is 2.87. The van der Waals surface area contributed by atoms with Crippen LogP contribution in [0.5, 0.6) is 5.88 Å². The summed E-state index contributed by atoms with van der Waals surface area (Å²) in [5.41, 5.74) is 8.05. The van der Waals surface area contributed by atoms with Gasteiger partial charge in [0, 0.05) is 44.1 Å². The number of carbonyl (C=O) groups is 1. The van der Waals surface area contributed by atoms with E-state index >= 15 is 0 Å². The van der Waals surface area contributed by atoms with Crippen LogP contribution in [-0.2, 0) is 16.1 Å². The topological polar surface area (TPSA) is 125 Å². The van der Waals surface area contributed by atoms with Gasteiger partial charge in [0.25, 0.3) is 5.56 Å². The Bertz CT molecular complexity index is 1210. The number of anilines is 1. The lowest BCUT2D eigenvalue weighted by molar-refractivity contribution is -0.122. The van der Waals surface area contributed by atoms with Crippen LogP contribution >= 0.6 is 0 Å². The van der Waals surface area contributed by atoms with Gasteiger partial charge in [-0.1, -0.05) is 6.92 Å². The van der Waals surface area contributed by atoms with Crippen molar-refractivity contribution in [1.82, 2.24) is 19.5 Å². The number of amides is 1. The van der Waals surface area contributed by atoms with Gasteiger partial charge in [0.05, 0.1) is 37.0 Å². The molecule has 4 heterocycles. The summed E-state index contributed by atoms with van der Waals surface area (Å²) in [6, 6.07) is 5.48. The lowest BCUT2D eigenvalue weighted by Crippen LogP contribution is -2.44. The lowest BCUT2D eigenvalue weighted by Gasteiger charge is -2.32. The molecule has 1 atom stereocenters. The monoisotopic (exact) mass is 466 g/mol. The van der Waals surface area contributed by atoms with Crippen LogP contribution in [0.25, 0.3) is 22.3 Å². The van der Waals surface area contributed by atoms with E-state index in [2.05, 4.69) is 15.0 Å². The van der Waals surface area contributed by atoms with Crippen molar-refractivity contribution in [3.05, 3.63) is 40.9 Å². The molecule has 180 valence electrons. The first-order valence-corrected chi connectivity index (χ1v) is 11.5. The fourth-order valence-corrected chi connectivity index (χ4v) is 4.17. The Morgan fingerprint density at radius 2 is 2.09 bits per heavy atom. The Morgan fingerprint density at radius 3 is 2.79 bits per heavy atom. The predicted octanol–water partition coefficient (Wildman–Crippen LogP) is 1.99. The maximum Gasteiger partial charge on any atom is 0.294 e. The van der Waals surface area contributed by atoms with Crippen LogP contribution in [0.1, 0.15) is 26.2 Å². The quantitative estimate of drug-likeness (QED) is 0.475. The molecule has 0 spiro atoms. The van der Waals surface area contributed by atoms with Gasteiger partial charge in [-0.2, -0.15) is 0 Å². The van der Waals surface area contributed by atoms with Crippen molar-refractivity contribution in [2.24, 2.45) is 11.7 Å². The fraction of sp³-hybridized carbons (Fsp3) is 0.458. The van der Waals surface area contributed by atoms with E-state index in [1.165, 1.54) is 0 Å². The van der Waals surface area contributed by atoms with Crippen LogP contribution in [0.2, 0.25) is 0 Å². The molecular formula is C24H30N6O4. The Balaban J connectivity index is 1.76. The lowest BCUT2D eigenvalue weighted by atomic mass is 9.97. The summed E-state index contributed by atoms with van der Waals surface area (Å²) in [4.78, 5) is 40.7. The van der Waals surface area contributed by atoms with Crippen molar-refractivity contribution in [1.29, 1.82) is 0 Å². The number of fused-ring (bicyclic) bond motifs is 1. The molecule has 1 fully saturated rings. The molecule has 1 unspecified atom stereocenters. The number of primary amides is 1. The molecule has 1 amide bonds. The number of aromatic nitrogens is 4. The van der Waals surface area contributed by atoms with Gasteiger partial charge < -0.3 is 24.7 Å². The molecule has 0 bridgehead atoms. The van der Waals surface area contributed by atoms with Crippen molar-refractivity contribution in [3.8, 4) is 17.1 Å². The largest absolute Gasteiger partial charge is 0.481 e. The van der Waals surface area contributed by atoms with Gasteiger partial charge in [-0.15, -0.1) is 0 Å². The maximum atomic E-state index is 13.6. The molecule has 2 N–H and O–H groups in total.